The van der Waals surface area contributed by atoms with Gasteiger partial charge in [-0.2, -0.15) is 0 Å². The van der Waals surface area contributed by atoms with Crippen LogP contribution in [0, 0.1) is 28.6 Å². The van der Waals surface area contributed by atoms with Gasteiger partial charge < -0.3 is 4.74 Å². The molecule has 0 N–H and O–H groups in total. The molecule has 0 amide bonds. The fourth-order valence-electron chi connectivity index (χ4n) is 5.11. The molecule has 116 valence electrons. The van der Waals surface area contributed by atoms with Crippen molar-refractivity contribution in [1.29, 1.82) is 0 Å². The van der Waals surface area contributed by atoms with Crippen molar-refractivity contribution in [3.05, 3.63) is 36.0 Å². The molecule has 3 heteroatoms. The van der Waals surface area contributed by atoms with Crippen LogP contribution in [0.25, 0.3) is 0 Å². The lowest BCUT2D eigenvalue weighted by atomic mass is 9.49. The molecule has 1 saturated heterocycles. The van der Waals surface area contributed by atoms with Crippen LogP contribution in [0.2, 0.25) is 0 Å². The summed E-state index contributed by atoms with van der Waals surface area (Å²) >= 11 is 0. The van der Waals surface area contributed by atoms with Crippen LogP contribution in [-0.2, 0) is 14.3 Å². The maximum atomic E-state index is 11.8. The summed E-state index contributed by atoms with van der Waals surface area (Å²) in [6.07, 6.45) is 12.7. The zero-order chi connectivity index (χ0) is 15.5. The van der Waals surface area contributed by atoms with Crippen LogP contribution < -0.4 is 0 Å². The molecule has 3 aliphatic carbocycles. The predicted molar refractivity (Wildman–Crippen MR) is 82.9 cm³/mol. The van der Waals surface area contributed by atoms with Crippen LogP contribution in [-0.4, -0.2) is 18.4 Å². The number of hydrogen-bond acceptors (Lipinski definition) is 3. The fourth-order valence-corrected chi connectivity index (χ4v) is 5.11. The van der Waals surface area contributed by atoms with E-state index in [-0.39, 0.29) is 22.6 Å². The van der Waals surface area contributed by atoms with Gasteiger partial charge in [0.15, 0.2) is 5.78 Å². The van der Waals surface area contributed by atoms with E-state index in [9.17, 15) is 9.59 Å². The molecule has 4 aliphatic rings. The first kappa shape index (κ1) is 14.0. The Balaban J connectivity index is 1.76. The van der Waals surface area contributed by atoms with Crippen LogP contribution in [0.1, 0.15) is 33.1 Å². The molecule has 3 nitrogen and oxygen atoms in total. The van der Waals surface area contributed by atoms with Crippen molar-refractivity contribution < 1.29 is 14.3 Å². The molecule has 5 atom stereocenters. The molecule has 22 heavy (non-hydrogen) atoms. The number of esters is 1. The molecule has 1 aliphatic heterocycles. The minimum absolute atomic E-state index is 0.0580. The molecule has 0 unspecified atom stereocenters. The van der Waals surface area contributed by atoms with Gasteiger partial charge in [-0.15, -0.1) is 0 Å². The average Bonchev–Trinajstić information content (AvgIpc) is 2.48. The van der Waals surface area contributed by atoms with Gasteiger partial charge in [0.05, 0.1) is 6.61 Å². The van der Waals surface area contributed by atoms with Crippen LogP contribution in [0.15, 0.2) is 36.0 Å². The van der Waals surface area contributed by atoms with Gasteiger partial charge in [0, 0.05) is 17.3 Å². The summed E-state index contributed by atoms with van der Waals surface area (Å²) in [5, 5.41) is 0. The van der Waals surface area contributed by atoms with Crippen molar-refractivity contribution in [3.63, 3.8) is 0 Å². The second-order valence-electron chi connectivity index (χ2n) is 7.83. The lowest BCUT2D eigenvalue weighted by Crippen LogP contribution is -2.52. The first-order chi connectivity index (χ1) is 10.4. The molecule has 4 rings (SSSR count). The third-order valence-corrected chi connectivity index (χ3v) is 6.58. The van der Waals surface area contributed by atoms with Crippen LogP contribution >= 0.6 is 0 Å². The van der Waals surface area contributed by atoms with Gasteiger partial charge >= 0.3 is 5.97 Å². The van der Waals surface area contributed by atoms with Crippen molar-refractivity contribution in [1.82, 2.24) is 0 Å². The highest BCUT2D eigenvalue weighted by molar-refractivity contribution is 6.01. The van der Waals surface area contributed by atoms with Crippen molar-refractivity contribution in [2.75, 3.05) is 6.61 Å². The summed E-state index contributed by atoms with van der Waals surface area (Å²) in [6, 6.07) is 0. The topological polar surface area (TPSA) is 43.4 Å². The summed E-state index contributed by atoms with van der Waals surface area (Å²) in [7, 11) is 0. The average molecular weight is 298 g/mol. The molecule has 0 aromatic rings. The number of carbonyl (C=O) groups excluding carboxylic acids is 2. The number of hydrogen-bond donors (Lipinski definition) is 0. The SMILES string of the molecule is C[C@]12CC[C@H]3[C@@H](C=CC4=CC(=O)C=C[C@@]43C)[C@@H]1CC(=O)OC2. The second kappa shape index (κ2) is 4.43. The zero-order valence-electron chi connectivity index (χ0n) is 13.2. The summed E-state index contributed by atoms with van der Waals surface area (Å²) < 4.78 is 5.34. The Labute approximate surface area is 131 Å². The quantitative estimate of drug-likeness (QED) is 0.645. The summed E-state index contributed by atoms with van der Waals surface area (Å²) in [4.78, 5) is 23.5. The van der Waals surface area contributed by atoms with Crippen LogP contribution in [0.3, 0.4) is 0 Å². The van der Waals surface area contributed by atoms with E-state index >= 15 is 0 Å². The predicted octanol–water partition coefficient (Wildman–Crippen LogP) is 3.22. The van der Waals surface area contributed by atoms with E-state index in [0.29, 0.717) is 30.8 Å². The molecule has 0 aromatic carbocycles. The van der Waals surface area contributed by atoms with Gasteiger partial charge in [0.25, 0.3) is 0 Å². The van der Waals surface area contributed by atoms with E-state index in [1.54, 1.807) is 12.2 Å². The van der Waals surface area contributed by atoms with Gasteiger partial charge in [0.1, 0.15) is 0 Å². The largest absolute Gasteiger partial charge is 0.465 e. The smallest absolute Gasteiger partial charge is 0.306 e. The molecule has 2 fully saturated rings. The third kappa shape index (κ3) is 1.81. The Morgan fingerprint density at radius 3 is 2.82 bits per heavy atom. The first-order valence-electron chi connectivity index (χ1n) is 8.22. The van der Waals surface area contributed by atoms with E-state index in [1.165, 1.54) is 0 Å². The summed E-state index contributed by atoms with van der Waals surface area (Å²) in [5.74, 6) is 1.24. The lowest BCUT2D eigenvalue weighted by molar-refractivity contribution is -0.167. The molecule has 0 aromatic heterocycles. The standard InChI is InChI=1S/C19H22O3/c1-18-7-6-15-14(16(18)10-17(21)22-11-18)4-3-12-9-13(20)5-8-19(12,15)2/h3-5,8-9,14-16H,6-7,10-11H2,1-2H3/t14-,15+,16+,18-,19+/m1/s1. The molecular formula is C19H22O3. The van der Waals surface area contributed by atoms with Crippen molar-refractivity contribution in [3.8, 4) is 0 Å². The van der Waals surface area contributed by atoms with Crippen molar-refractivity contribution in [2.45, 2.75) is 33.1 Å². The zero-order valence-corrected chi connectivity index (χ0v) is 13.2. The summed E-state index contributed by atoms with van der Waals surface area (Å²) in [5.41, 5.74) is 1.16. The monoisotopic (exact) mass is 298 g/mol. The highest BCUT2D eigenvalue weighted by atomic mass is 16.5. The molecule has 0 radical (unpaired) electrons. The number of ether oxygens (including phenoxy) is 1. The van der Waals surface area contributed by atoms with Gasteiger partial charge in [-0.1, -0.05) is 32.1 Å². The van der Waals surface area contributed by atoms with E-state index in [4.69, 9.17) is 4.74 Å². The van der Waals surface area contributed by atoms with E-state index in [1.807, 2.05) is 0 Å². The number of fused-ring (bicyclic) bond motifs is 5. The molecule has 1 saturated carbocycles. The van der Waals surface area contributed by atoms with Crippen LogP contribution in [0.4, 0.5) is 0 Å². The molecule has 0 bridgehead atoms. The number of ketones is 1. The van der Waals surface area contributed by atoms with Gasteiger partial charge in [-0.25, -0.2) is 0 Å². The van der Waals surface area contributed by atoms with Gasteiger partial charge in [0.2, 0.25) is 0 Å². The van der Waals surface area contributed by atoms with E-state index < -0.39 is 0 Å². The molecular weight excluding hydrogens is 276 g/mol. The van der Waals surface area contributed by atoms with Gasteiger partial charge in [-0.3, -0.25) is 9.59 Å². The maximum Gasteiger partial charge on any atom is 0.306 e. The molecule has 0 spiro atoms. The lowest BCUT2D eigenvalue weighted by Gasteiger charge is -2.56. The highest BCUT2D eigenvalue weighted by Crippen LogP contribution is 2.59. The minimum atomic E-state index is -0.0734. The van der Waals surface area contributed by atoms with E-state index in [2.05, 4.69) is 32.1 Å². The maximum absolute atomic E-state index is 11.8. The van der Waals surface area contributed by atoms with Crippen molar-refractivity contribution >= 4 is 11.8 Å². The Hall–Kier alpha value is -1.64. The summed E-state index contributed by atoms with van der Waals surface area (Å²) in [6.45, 7) is 5.07. The highest BCUT2D eigenvalue weighted by Gasteiger charge is 2.55. The Morgan fingerprint density at radius 1 is 1.18 bits per heavy atom. The number of cyclic esters (lactones) is 1. The number of allylic oxidation sites excluding steroid dienone is 6. The first-order valence-corrected chi connectivity index (χ1v) is 8.22. The minimum Gasteiger partial charge on any atom is -0.465 e. The normalized spacial score (nSPS) is 46.3. The van der Waals surface area contributed by atoms with Crippen molar-refractivity contribution in [2.24, 2.45) is 28.6 Å². The second-order valence-corrected chi connectivity index (χ2v) is 7.83. The Bertz CT molecular complexity index is 641. The fraction of sp³-hybridized carbons (Fsp3) is 0.579. The van der Waals surface area contributed by atoms with E-state index in [0.717, 1.165) is 18.4 Å². The Kier molecular flexibility index (Phi) is 2.82. The third-order valence-electron chi connectivity index (χ3n) is 6.58. The Morgan fingerprint density at radius 2 is 2.00 bits per heavy atom. The number of carbonyl (C=O) groups is 2. The number of rotatable bonds is 0. The molecule has 1 heterocycles. The van der Waals surface area contributed by atoms with Gasteiger partial charge in [-0.05, 0) is 48.3 Å². The van der Waals surface area contributed by atoms with Crippen LogP contribution in [0.5, 0.6) is 0 Å².